The maximum Gasteiger partial charge on any atom is 0.290 e. The summed E-state index contributed by atoms with van der Waals surface area (Å²) in [5.74, 6) is -0.101. The molecule has 0 saturated carbocycles. The molecule has 0 bridgehead atoms. The van der Waals surface area contributed by atoms with Crippen molar-refractivity contribution in [1.29, 1.82) is 0 Å². The number of aromatic nitrogens is 3. The third kappa shape index (κ3) is 3.64. The molecule has 0 aliphatic heterocycles. The molecule has 2 rings (SSSR count). The topological polar surface area (TPSA) is 69.0 Å². The third-order valence-electron chi connectivity index (χ3n) is 2.77. The first-order valence-corrected chi connectivity index (χ1v) is 6.46. The Morgan fingerprint density at radius 3 is 3.05 bits per heavy atom. The average molecular weight is 274 g/mol. The van der Waals surface area contributed by atoms with E-state index >= 15 is 0 Å². The Hall–Kier alpha value is -2.21. The van der Waals surface area contributed by atoms with E-state index in [1.807, 2.05) is 31.2 Å². The summed E-state index contributed by atoms with van der Waals surface area (Å²) in [5, 5.41) is 6.94. The molecule has 20 heavy (non-hydrogen) atoms. The molecule has 0 aliphatic rings. The van der Waals surface area contributed by atoms with Gasteiger partial charge in [-0.15, -0.1) is 5.10 Å². The SMILES string of the molecule is COCCCNC(=O)c1ncn(-c2cccc(C)c2)n1. The molecule has 1 aromatic carbocycles. The molecular formula is C14H18N4O2. The highest BCUT2D eigenvalue weighted by Gasteiger charge is 2.11. The summed E-state index contributed by atoms with van der Waals surface area (Å²) in [6, 6.07) is 7.84. The number of hydrogen-bond donors (Lipinski definition) is 1. The summed E-state index contributed by atoms with van der Waals surface area (Å²) in [6.07, 6.45) is 2.31. The van der Waals surface area contributed by atoms with Crippen LogP contribution >= 0.6 is 0 Å². The van der Waals surface area contributed by atoms with Gasteiger partial charge in [0.2, 0.25) is 5.82 Å². The lowest BCUT2D eigenvalue weighted by atomic mass is 10.2. The molecule has 0 saturated heterocycles. The molecule has 0 aliphatic carbocycles. The van der Waals surface area contributed by atoms with Crippen LogP contribution in [0.25, 0.3) is 5.69 Å². The van der Waals surface area contributed by atoms with Crippen LogP contribution in [0, 0.1) is 6.92 Å². The first kappa shape index (κ1) is 14.2. The summed E-state index contributed by atoms with van der Waals surface area (Å²) in [5.41, 5.74) is 2.01. The highest BCUT2D eigenvalue weighted by molar-refractivity contribution is 5.90. The van der Waals surface area contributed by atoms with Gasteiger partial charge in [0.05, 0.1) is 5.69 Å². The first-order valence-electron chi connectivity index (χ1n) is 6.46. The number of nitrogens with one attached hydrogen (secondary N) is 1. The van der Waals surface area contributed by atoms with Crippen LogP contribution in [0.4, 0.5) is 0 Å². The zero-order chi connectivity index (χ0) is 14.4. The molecule has 0 atom stereocenters. The van der Waals surface area contributed by atoms with E-state index < -0.39 is 0 Å². The van der Waals surface area contributed by atoms with E-state index in [1.54, 1.807) is 18.1 Å². The second-order valence-corrected chi connectivity index (χ2v) is 4.45. The summed E-state index contributed by atoms with van der Waals surface area (Å²) in [4.78, 5) is 15.9. The number of amides is 1. The molecule has 1 heterocycles. The molecule has 0 radical (unpaired) electrons. The number of methoxy groups -OCH3 is 1. The van der Waals surface area contributed by atoms with E-state index in [9.17, 15) is 4.79 Å². The highest BCUT2D eigenvalue weighted by atomic mass is 16.5. The van der Waals surface area contributed by atoms with Gasteiger partial charge < -0.3 is 10.1 Å². The van der Waals surface area contributed by atoms with Gasteiger partial charge in [0.1, 0.15) is 6.33 Å². The molecule has 0 spiro atoms. The van der Waals surface area contributed by atoms with Gasteiger partial charge >= 0.3 is 0 Å². The number of ether oxygens (including phenoxy) is 1. The fraction of sp³-hybridized carbons (Fsp3) is 0.357. The number of benzene rings is 1. The molecule has 0 unspecified atom stereocenters. The molecule has 1 amide bonds. The largest absolute Gasteiger partial charge is 0.385 e. The first-order chi connectivity index (χ1) is 9.70. The molecule has 106 valence electrons. The Kier molecular flexibility index (Phi) is 4.84. The van der Waals surface area contributed by atoms with Crippen LogP contribution in [-0.4, -0.2) is 40.9 Å². The lowest BCUT2D eigenvalue weighted by Crippen LogP contribution is -2.26. The van der Waals surface area contributed by atoms with Crippen molar-refractivity contribution in [3.63, 3.8) is 0 Å². The van der Waals surface area contributed by atoms with Gasteiger partial charge in [0.25, 0.3) is 5.91 Å². The van der Waals surface area contributed by atoms with Crippen LogP contribution in [0.1, 0.15) is 22.6 Å². The lowest BCUT2D eigenvalue weighted by Gasteiger charge is -2.02. The van der Waals surface area contributed by atoms with E-state index in [4.69, 9.17) is 4.74 Å². The van der Waals surface area contributed by atoms with Crippen molar-refractivity contribution in [1.82, 2.24) is 20.1 Å². The van der Waals surface area contributed by atoms with Crippen LogP contribution in [0.2, 0.25) is 0 Å². The van der Waals surface area contributed by atoms with Crippen molar-refractivity contribution in [3.05, 3.63) is 42.0 Å². The van der Waals surface area contributed by atoms with Crippen LogP contribution in [0.3, 0.4) is 0 Å². The van der Waals surface area contributed by atoms with Crippen LogP contribution in [0.15, 0.2) is 30.6 Å². The fourth-order valence-corrected chi connectivity index (χ4v) is 1.76. The maximum absolute atomic E-state index is 11.8. The zero-order valence-electron chi connectivity index (χ0n) is 11.7. The molecule has 6 heteroatoms. The predicted octanol–water partition coefficient (Wildman–Crippen LogP) is 1.34. The highest BCUT2D eigenvalue weighted by Crippen LogP contribution is 2.08. The lowest BCUT2D eigenvalue weighted by molar-refractivity contribution is 0.0938. The number of carbonyl (C=O) groups is 1. The van der Waals surface area contributed by atoms with Crippen molar-refractivity contribution in [3.8, 4) is 5.69 Å². The number of carbonyl (C=O) groups excluding carboxylic acids is 1. The van der Waals surface area contributed by atoms with Crippen LogP contribution in [-0.2, 0) is 4.74 Å². The number of aryl methyl sites for hydroxylation is 1. The van der Waals surface area contributed by atoms with Crippen molar-refractivity contribution in [2.24, 2.45) is 0 Å². The van der Waals surface area contributed by atoms with E-state index in [-0.39, 0.29) is 11.7 Å². The van der Waals surface area contributed by atoms with E-state index in [1.165, 1.54) is 0 Å². The zero-order valence-corrected chi connectivity index (χ0v) is 11.7. The van der Waals surface area contributed by atoms with E-state index in [0.717, 1.165) is 17.7 Å². The van der Waals surface area contributed by atoms with Gasteiger partial charge in [-0.25, -0.2) is 9.67 Å². The minimum Gasteiger partial charge on any atom is -0.385 e. The molecule has 2 aromatic rings. The van der Waals surface area contributed by atoms with Crippen molar-refractivity contribution < 1.29 is 9.53 Å². The number of hydrogen-bond acceptors (Lipinski definition) is 4. The summed E-state index contributed by atoms with van der Waals surface area (Å²) in [7, 11) is 1.63. The van der Waals surface area contributed by atoms with E-state index in [0.29, 0.717) is 13.2 Å². The number of nitrogens with zero attached hydrogens (tertiary/aromatic N) is 3. The molecule has 0 fully saturated rings. The summed E-state index contributed by atoms with van der Waals surface area (Å²) >= 11 is 0. The Morgan fingerprint density at radius 2 is 2.30 bits per heavy atom. The van der Waals surface area contributed by atoms with Crippen molar-refractivity contribution in [2.45, 2.75) is 13.3 Å². The average Bonchev–Trinajstić information content (AvgIpc) is 2.93. The van der Waals surface area contributed by atoms with Gasteiger partial charge in [0.15, 0.2) is 0 Å². The second-order valence-electron chi connectivity index (χ2n) is 4.45. The third-order valence-corrected chi connectivity index (χ3v) is 2.77. The molecule has 6 nitrogen and oxygen atoms in total. The minimum atomic E-state index is -0.271. The number of rotatable bonds is 6. The van der Waals surface area contributed by atoms with Crippen molar-refractivity contribution in [2.75, 3.05) is 20.3 Å². The molecule has 1 aromatic heterocycles. The molecule has 1 N–H and O–H groups in total. The summed E-state index contributed by atoms with van der Waals surface area (Å²) < 4.78 is 6.51. The Bertz CT molecular complexity index is 580. The standard InChI is InChI=1S/C14H18N4O2/c1-11-5-3-6-12(9-11)18-10-16-13(17-18)14(19)15-7-4-8-20-2/h3,5-6,9-10H,4,7-8H2,1-2H3,(H,15,19). The smallest absolute Gasteiger partial charge is 0.290 e. The van der Waals surface area contributed by atoms with Crippen LogP contribution < -0.4 is 5.32 Å². The fourth-order valence-electron chi connectivity index (χ4n) is 1.76. The summed E-state index contributed by atoms with van der Waals surface area (Å²) in [6.45, 7) is 3.17. The van der Waals surface area contributed by atoms with Gasteiger partial charge in [0, 0.05) is 20.3 Å². The maximum atomic E-state index is 11.8. The second kappa shape index (κ2) is 6.81. The Labute approximate surface area is 117 Å². The predicted molar refractivity (Wildman–Crippen MR) is 74.9 cm³/mol. The van der Waals surface area contributed by atoms with Gasteiger partial charge in [-0.3, -0.25) is 4.79 Å². The van der Waals surface area contributed by atoms with Gasteiger partial charge in [-0.1, -0.05) is 12.1 Å². The quantitative estimate of drug-likeness (QED) is 0.807. The Balaban J connectivity index is 2.00. The van der Waals surface area contributed by atoms with Crippen molar-refractivity contribution >= 4 is 5.91 Å². The van der Waals surface area contributed by atoms with Gasteiger partial charge in [-0.2, -0.15) is 0 Å². The minimum absolute atomic E-state index is 0.170. The van der Waals surface area contributed by atoms with Crippen LogP contribution in [0.5, 0.6) is 0 Å². The Morgan fingerprint density at radius 1 is 1.45 bits per heavy atom. The molecular weight excluding hydrogens is 256 g/mol. The normalized spacial score (nSPS) is 10.5. The van der Waals surface area contributed by atoms with Gasteiger partial charge in [-0.05, 0) is 31.0 Å². The van der Waals surface area contributed by atoms with E-state index in [2.05, 4.69) is 15.4 Å². The monoisotopic (exact) mass is 274 g/mol.